The van der Waals surface area contributed by atoms with E-state index in [1.165, 1.54) is 12.8 Å². The lowest BCUT2D eigenvalue weighted by Gasteiger charge is -2.14. The smallest absolute Gasteiger partial charge is 0.162 e. The first-order valence-corrected chi connectivity index (χ1v) is 7.26. The van der Waals surface area contributed by atoms with Crippen molar-refractivity contribution in [2.75, 3.05) is 11.9 Å². The zero-order valence-corrected chi connectivity index (χ0v) is 12.6. The molecule has 1 aliphatic carbocycles. The summed E-state index contributed by atoms with van der Waals surface area (Å²) in [4.78, 5) is 9.45. The van der Waals surface area contributed by atoms with Crippen molar-refractivity contribution >= 4 is 5.82 Å². The molecule has 1 N–H and O–H groups in total. The number of aryl methyl sites for hydroxylation is 2. The number of rotatable bonds is 4. The van der Waals surface area contributed by atoms with Crippen molar-refractivity contribution in [3.63, 3.8) is 0 Å². The lowest BCUT2D eigenvalue weighted by atomic mass is 10.2. The number of anilines is 1. The van der Waals surface area contributed by atoms with Gasteiger partial charge in [-0.1, -0.05) is 0 Å². The zero-order chi connectivity index (χ0) is 14.3. The van der Waals surface area contributed by atoms with E-state index < -0.39 is 0 Å². The predicted octanol–water partition coefficient (Wildman–Crippen LogP) is 2.90. The SMILES string of the molecule is CCNc1nc(C2CC2)nc(-n2nc(C)cc2C)c1C. The summed E-state index contributed by atoms with van der Waals surface area (Å²) >= 11 is 0. The summed E-state index contributed by atoms with van der Waals surface area (Å²) in [7, 11) is 0. The van der Waals surface area contributed by atoms with Crippen molar-refractivity contribution in [3.8, 4) is 5.82 Å². The van der Waals surface area contributed by atoms with Crippen molar-refractivity contribution in [3.05, 3.63) is 28.8 Å². The fraction of sp³-hybridized carbons (Fsp3) is 0.533. The molecule has 3 rings (SSSR count). The van der Waals surface area contributed by atoms with Crippen molar-refractivity contribution in [2.24, 2.45) is 0 Å². The van der Waals surface area contributed by atoms with Gasteiger partial charge >= 0.3 is 0 Å². The van der Waals surface area contributed by atoms with Crippen LogP contribution in [0.5, 0.6) is 0 Å². The van der Waals surface area contributed by atoms with Crippen molar-refractivity contribution < 1.29 is 0 Å². The van der Waals surface area contributed by atoms with Gasteiger partial charge in [0.15, 0.2) is 5.82 Å². The molecule has 0 atom stereocenters. The monoisotopic (exact) mass is 271 g/mol. The van der Waals surface area contributed by atoms with Gasteiger partial charge in [0.1, 0.15) is 11.6 Å². The van der Waals surface area contributed by atoms with E-state index in [0.29, 0.717) is 5.92 Å². The number of nitrogens with one attached hydrogen (secondary N) is 1. The first-order chi connectivity index (χ1) is 9.60. The van der Waals surface area contributed by atoms with Gasteiger partial charge in [-0.25, -0.2) is 14.6 Å². The number of nitrogens with zero attached hydrogens (tertiary/aromatic N) is 4. The van der Waals surface area contributed by atoms with E-state index in [0.717, 1.165) is 41.0 Å². The highest BCUT2D eigenvalue weighted by atomic mass is 15.3. The Kier molecular flexibility index (Phi) is 3.20. The van der Waals surface area contributed by atoms with Gasteiger partial charge in [0.05, 0.1) is 5.69 Å². The van der Waals surface area contributed by atoms with Gasteiger partial charge in [0.2, 0.25) is 0 Å². The topological polar surface area (TPSA) is 55.6 Å². The molecule has 1 aliphatic rings. The van der Waals surface area contributed by atoms with Gasteiger partial charge in [0.25, 0.3) is 0 Å². The van der Waals surface area contributed by atoms with Crippen molar-refractivity contribution in [1.82, 2.24) is 19.7 Å². The van der Waals surface area contributed by atoms with E-state index in [-0.39, 0.29) is 0 Å². The number of aromatic nitrogens is 4. The van der Waals surface area contributed by atoms with Crippen LogP contribution in [0.4, 0.5) is 5.82 Å². The quantitative estimate of drug-likeness (QED) is 0.929. The van der Waals surface area contributed by atoms with Crippen LogP contribution in [0.3, 0.4) is 0 Å². The van der Waals surface area contributed by atoms with E-state index in [4.69, 9.17) is 4.98 Å². The fourth-order valence-corrected chi connectivity index (χ4v) is 2.43. The summed E-state index contributed by atoms with van der Waals surface area (Å²) in [5.41, 5.74) is 3.18. The lowest BCUT2D eigenvalue weighted by Crippen LogP contribution is -2.12. The van der Waals surface area contributed by atoms with E-state index >= 15 is 0 Å². The normalized spacial score (nSPS) is 14.6. The Labute approximate surface area is 119 Å². The van der Waals surface area contributed by atoms with Crippen LogP contribution in [0, 0.1) is 20.8 Å². The third-order valence-electron chi connectivity index (χ3n) is 3.63. The Balaban J connectivity index is 2.15. The average Bonchev–Trinajstić information content (AvgIpc) is 3.18. The number of hydrogen-bond acceptors (Lipinski definition) is 4. The first kappa shape index (κ1) is 13.1. The van der Waals surface area contributed by atoms with E-state index in [2.05, 4.69) is 42.2 Å². The Hall–Kier alpha value is -1.91. The minimum atomic E-state index is 0.531. The molecule has 20 heavy (non-hydrogen) atoms. The maximum atomic E-state index is 4.77. The van der Waals surface area contributed by atoms with E-state index in [1.807, 2.05) is 11.6 Å². The largest absolute Gasteiger partial charge is 0.370 e. The van der Waals surface area contributed by atoms with Crippen molar-refractivity contribution in [2.45, 2.75) is 46.5 Å². The molecule has 1 saturated carbocycles. The molecule has 2 heterocycles. The maximum Gasteiger partial charge on any atom is 0.162 e. The van der Waals surface area contributed by atoms with Gasteiger partial charge in [-0.2, -0.15) is 5.10 Å². The van der Waals surface area contributed by atoms with Gasteiger partial charge in [-0.3, -0.25) is 0 Å². The van der Waals surface area contributed by atoms with Crippen LogP contribution in [0.2, 0.25) is 0 Å². The Morgan fingerprint density at radius 1 is 1.25 bits per heavy atom. The van der Waals surface area contributed by atoms with Crippen LogP contribution >= 0.6 is 0 Å². The summed E-state index contributed by atoms with van der Waals surface area (Å²) in [5, 5.41) is 7.91. The summed E-state index contributed by atoms with van der Waals surface area (Å²) in [5.74, 6) is 3.33. The molecule has 2 aromatic heterocycles. The van der Waals surface area contributed by atoms with Crippen molar-refractivity contribution in [1.29, 1.82) is 0 Å². The highest BCUT2D eigenvalue weighted by Gasteiger charge is 2.28. The molecule has 0 aromatic carbocycles. The third kappa shape index (κ3) is 2.28. The second-order valence-corrected chi connectivity index (χ2v) is 5.52. The Morgan fingerprint density at radius 2 is 2.00 bits per heavy atom. The summed E-state index contributed by atoms with van der Waals surface area (Å²) in [6.45, 7) is 9.07. The van der Waals surface area contributed by atoms with Crippen LogP contribution in [0.25, 0.3) is 5.82 Å². The molecule has 5 nitrogen and oxygen atoms in total. The molecule has 0 saturated heterocycles. The van der Waals surface area contributed by atoms with Crippen LogP contribution < -0.4 is 5.32 Å². The van der Waals surface area contributed by atoms with Crippen LogP contribution in [0.15, 0.2) is 6.07 Å². The zero-order valence-electron chi connectivity index (χ0n) is 12.6. The Bertz CT molecular complexity index is 640. The second-order valence-electron chi connectivity index (χ2n) is 5.52. The summed E-state index contributed by atoms with van der Waals surface area (Å²) in [6, 6.07) is 2.07. The van der Waals surface area contributed by atoms with Gasteiger partial charge in [-0.15, -0.1) is 0 Å². The molecule has 1 fully saturated rings. The maximum absolute atomic E-state index is 4.77. The third-order valence-corrected chi connectivity index (χ3v) is 3.63. The molecule has 0 unspecified atom stereocenters. The number of hydrogen-bond donors (Lipinski definition) is 1. The molecule has 0 spiro atoms. The van der Waals surface area contributed by atoms with Crippen LogP contribution in [-0.2, 0) is 0 Å². The molecule has 5 heteroatoms. The molecule has 0 bridgehead atoms. The molecular formula is C15H21N5. The molecular weight excluding hydrogens is 250 g/mol. The van der Waals surface area contributed by atoms with Crippen LogP contribution in [-0.4, -0.2) is 26.3 Å². The van der Waals surface area contributed by atoms with Gasteiger partial charge in [0, 0.05) is 23.7 Å². The predicted molar refractivity (Wildman–Crippen MR) is 79.5 cm³/mol. The summed E-state index contributed by atoms with van der Waals surface area (Å²) < 4.78 is 1.93. The molecule has 2 aromatic rings. The van der Waals surface area contributed by atoms with Gasteiger partial charge in [-0.05, 0) is 46.6 Å². The highest BCUT2D eigenvalue weighted by molar-refractivity contribution is 5.52. The first-order valence-electron chi connectivity index (χ1n) is 7.26. The Morgan fingerprint density at radius 3 is 2.55 bits per heavy atom. The molecule has 0 radical (unpaired) electrons. The van der Waals surface area contributed by atoms with E-state index in [9.17, 15) is 0 Å². The van der Waals surface area contributed by atoms with E-state index in [1.54, 1.807) is 0 Å². The molecule has 0 aliphatic heterocycles. The lowest BCUT2D eigenvalue weighted by molar-refractivity contribution is 0.772. The minimum absolute atomic E-state index is 0.531. The minimum Gasteiger partial charge on any atom is -0.370 e. The second kappa shape index (κ2) is 4.89. The summed E-state index contributed by atoms with van der Waals surface area (Å²) in [6.07, 6.45) is 2.40. The highest BCUT2D eigenvalue weighted by Crippen LogP contribution is 2.39. The molecule has 106 valence electrons. The standard InChI is InChI=1S/C15H21N5/c1-5-16-13-11(4)15(18-14(17-13)12-6-7-12)20-10(3)8-9(2)19-20/h8,12H,5-7H2,1-4H3,(H,16,17,18). The molecule has 0 amide bonds. The average molecular weight is 271 g/mol. The fourth-order valence-electron chi connectivity index (χ4n) is 2.43. The van der Waals surface area contributed by atoms with Gasteiger partial charge < -0.3 is 5.32 Å². The van der Waals surface area contributed by atoms with Crippen LogP contribution in [0.1, 0.15) is 48.5 Å².